The highest BCUT2D eigenvalue weighted by molar-refractivity contribution is 5.95. The van der Waals surface area contributed by atoms with E-state index < -0.39 is 0 Å². The van der Waals surface area contributed by atoms with E-state index in [1.54, 1.807) is 32.4 Å². The molecule has 2 aromatic rings. The molecule has 1 heterocycles. The summed E-state index contributed by atoms with van der Waals surface area (Å²) in [4.78, 5) is 12.5. The zero-order chi connectivity index (χ0) is 16.2. The van der Waals surface area contributed by atoms with Crippen LogP contribution >= 0.6 is 0 Å². The van der Waals surface area contributed by atoms with Crippen molar-refractivity contribution in [1.29, 1.82) is 0 Å². The molecule has 23 heavy (non-hydrogen) atoms. The lowest BCUT2D eigenvalue weighted by molar-refractivity contribution is -0.118. The number of ether oxygens (including phenoxy) is 2. The molecule has 0 aromatic heterocycles. The second kappa shape index (κ2) is 6.71. The summed E-state index contributed by atoms with van der Waals surface area (Å²) in [7, 11) is 3.16. The van der Waals surface area contributed by atoms with Crippen LogP contribution in [0, 0.1) is 0 Å². The Balaban J connectivity index is 1.70. The monoisotopic (exact) mass is 312 g/mol. The topological polar surface area (TPSA) is 59.6 Å². The van der Waals surface area contributed by atoms with Crippen LogP contribution in [0.1, 0.15) is 11.1 Å². The molecule has 0 radical (unpaired) electrons. The molecular weight excluding hydrogens is 292 g/mol. The number of carbonyl (C=O) groups is 1. The van der Waals surface area contributed by atoms with Crippen LogP contribution in [-0.2, 0) is 17.8 Å². The summed E-state index contributed by atoms with van der Waals surface area (Å²) < 4.78 is 10.5. The van der Waals surface area contributed by atoms with Crippen molar-refractivity contribution >= 4 is 11.6 Å². The molecule has 0 fully saturated rings. The van der Waals surface area contributed by atoms with E-state index in [1.807, 2.05) is 12.1 Å². The van der Waals surface area contributed by atoms with Gasteiger partial charge in [-0.15, -0.1) is 0 Å². The quantitative estimate of drug-likeness (QED) is 0.910. The van der Waals surface area contributed by atoms with Gasteiger partial charge in [0.05, 0.1) is 20.3 Å². The first-order chi connectivity index (χ1) is 11.2. The highest BCUT2D eigenvalue weighted by Crippen LogP contribution is 2.30. The molecule has 1 aliphatic rings. The summed E-state index contributed by atoms with van der Waals surface area (Å²) in [6.45, 7) is 0.709. The van der Waals surface area contributed by atoms with Gasteiger partial charge in [-0.3, -0.25) is 4.79 Å². The van der Waals surface area contributed by atoms with Gasteiger partial charge in [0.25, 0.3) is 0 Å². The van der Waals surface area contributed by atoms with Gasteiger partial charge in [-0.25, -0.2) is 0 Å². The van der Waals surface area contributed by atoms with Crippen molar-refractivity contribution in [3.8, 4) is 11.5 Å². The van der Waals surface area contributed by atoms with Crippen molar-refractivity contribution in [2.45, 2.75) is 19.0 Å². The summed E-state index contributed by atoms with van der Waals surface area (Å²) in [5.41, 5.74) is 3.16. The van der Waals surface area contributed by atoms with Crippen LogP contribution < -0.4 is 20.1 Å². The summed E-state index contributed by atoms with van der Waals surface area (Å²) in [5.74, 6) is 1.18. The van der Waals surface area contributed by atoms with Gasteiger partial charge >= 0.3 is 0 Å². The number of rotatable bonds is 4. The zero-order valence-electron chi connectivity index (χ0n) is 13.3. The van der Waals surface area contributed by atoms with Gasteiger partial charge in [0, 0.05) is 18.3 Å². The molecule has 5 heteroatoms. The number of amides is 1. The van der Waals surface area contributed by atoms with E-state index in [0.29, 0.717) is 30.2 Å². The van der Waals surface area contributed by atoms with Crippen molar-refractivity contribution in [1.82, 2.24) is 5.32 Å². The van der Waals surface area contributed by atoms with Crippen LogP contribution in [0.2, 0.25) is 0 Å². The average Bonchev–Trinajstić information content (AvgIpc) is 2.61. The fraction of sp³-hybridized carbons (Fsp3) is 0.278. The van der Waals surface area contributed by atoms with Gasteiger partial charge in [-0.1, -0.05) is 24.3 Å². The predicted octanol–water partition coefficient (Wildman–Crippen LogP) is 2.36. The van der Waals surface area contributed by atoms with Gasteiger partial charge in [0.15, 0.2) is 11.5 Å². The Kier molecular flexibility index (Phi) is 4.48. The third kappa shape index (κ3) is 3.29. The molecule has 0 bridgehead atoms. The second-order valence-electron chi connectivity index (χ2n) is 5.47. The third-order valence-corrected chi connectivity index (χ3v) is 4.05. The van der Waals surface area contributed by atoms with Crippen LogP contribution in [0.3, 0.4) is 0 Å². The fourth-order valence-electron chi connectivity index (χ4n) is 2.78. The zero-order valence-corrected chi connectivity index (χ0v) is 13.3. The van der Waals surface area contributed by atoms with E-state index in [4.69, 9.17) is 9.47 Å². The maximum absolute atomic E-state index is 12.5. The molecule has 0 spiro atoms. The highest BCUT2D eigenvalue weighted by Gasteiger charge is 2.24. The van der Waals surface area contributed by atoms with Crippen LogP contribution in [0.5, 0.6) is 11.5 Å². The summed E-state index contributed by atoms with van der Waals surface area (Å²) in [6.07, 6.45) is 0.690. The van der Waals surface area contributed by atoms with Crippen LogP contribution in [0.15, 0.2) is 42.5 Å². The number of nitrogens with one attached hydrogen (secondary N) is 2. The maximum Gasteiger partial charge on any atom is 0.241 e. The van der Waals surface area contributed by atoms with E-state index in [-0.39, 0.29) is 11.9 Å². The number of methoxy groups -OCH3 is 2. The lowest BCUT2D eigenvalue weighted by Gasteiger charge is -2.25. The van der Waals surface area contributed by atoms with Gasteiger partial charge in [0.1, 0.15) is 0 Å². The molecule has 1 unspecified atom stereocenters. The molecule has 1 amide bonds. The second-order valence-corrected chi connectivity index (χ2v) is 5.47. The summed E-state index contributed by atoms with van der Waals surface area (Å²) in [6, 6.07) is 13.3. The van der Waals surface area contributed by atoms with Crippen molar-refractivity contribution in [3.05, 3.63) is 53.6 Å². The van der Waals surface area contributed by atoms with Crippen LogP contribution in [0.25, 0.3) is 0 Å². The van der Waals surface area contributed by atoms with E-state index >= 15 is 0 Å². The molecule has 1 atom stereocenters. The third-order valence-electron chi connectivity index (χ3n) is 4.05. The Morgan fingerprint density at radius 2 is 1.83 bits per heavy atom. The first kappa shape index (κ1) is 15.4. The Morgan fingerprint density at radius 1 is 1.09 bits per heavy atom. The maximum atomic E-state index is 12.5. The number of hydrogen-bond acceptors (Lipinski definition) is 4. The SMILES string of the molecule is COc1ccc(NC(=O)C2Cc3ccccc3CN2)cc1OC. The molecule has 0 saturated heterocycles. The predicted molar refractivity (Wildman–Crippen MR) is 88.9 cm³/mol. The lowest BCUT2D eigenvalue weighted by Crippen LogP contribution is -2.44. The number of benzene rings is 2. The van der Waals surface area contributed by atoms with Crippen molar-refractivity contribution in [2.75, 3.05) is 19.5 Å². The number of fused-ring (bicyclic) bond motifs is 1. The van der Waals surface area contributed by atoms with E-state index in [9.17, 15) is 4.79 Å². The molecule has 0 saturated carbocycles. The largest absolute Gasteiger partial charge is 0.493 e. The Morgan fingerprint density at radius 3 is 2.57 bits per heavy atom. The smallest absolute Gasteiger partial charge is 0.241 e. The molecule has 2 N–H and O–H groups in total. The minimum atomic E-state index is -0.238. The molecule has 3 rings (SSSR count). The highest BCUT2D eigenvalue weighted by atomic mass is 16.5. The van der Waals surface area contributed by atoms with Crippen molar-refractivity contribution < 1.29 is 14.3 Å². The number of anilines is 1. The van der Waals surface area contributed by atoms with Crippen molar-refractivity contribution in [2.24, 2.45) is 0 Å². The molecule has 1 aliphatic heterocycles. The molecule has 0 aliphatic carbocycles. The Bertz CT molecular complexity index is 715. The number of hydrogen-bond donors (Lipinski definition) is 2. The first-order valence-corrected chi connectivity index (χ1v) is 7.54. The van der Waals surface area contributed by atoms with Crippen LogP contribution in [0.4, 0.5) is 5.69 Å². The van der Waals surface area contributed by atoms with Gasteiger partial charge in [-0.2, -0.15) is 0 Å². The standard InChI is InChI=1S/C18H20N2O3/c1-22-16-8-7-14(10-17(16)23-2)20-18(21)15-9-12-5-3-4-6-13(12)11-19-15/h3-8,10,15,19H,9,11H2,1-2H3,(H,20,21). The lowest BCUT2D eigenvalue weighted by atomic mass is 9.95. The molecular formula is C18H20N2O3. The average molecular weight is 312 g/mol. The normalized spacial score (nSPS) is 16.3. The first-order valence-electron chi connectivity index (χ1n) is 7.54. The number of carbonyl (C=O) groups excluding carboxylic acids is 1. The summed E-state index contributed by atoms with van der Waals surface area (Å²) >= 11 is 0. The molecule has 2 aromatic carbocycles. The minimum Gasteiger partial charge on any atom is -0.493 e. The minimum absolute atomic E-state index is 0.0493. The van der Waals surface area contributed by atoms with Gasteiger partial charge in [-0.05, 0) is 29.7 Å². The summed E-state index contributed by atoms with van der Waals surface area (Å²) in [5, 5.41) is 6.21. The van der Waals surface area contributed by atoms with E-state index in [0.717, 1.165) is 0 Å². The van der Waals surface area contributed by atoms with Gasteiger partial charge in [0.2, 0.25) is 5.91 Å². The van der Waals surface area contributed by atoms with Crippen molar-refractivity contribution in [3.63, 3.8) is 0 Å². The molecule has 5 nitrogen and oxygen atoms in total. The Hall–Kier alpha value is -2.53. The van der Waals surface area contributed by atoms with Gasteiger partial charge < -0.3 is 20.1 Å². The van der Waals surface area contributed by atoms with Crippen LogP contribution in [-0.4, -0.2) is 26.2 Å². The van der Waals surface area contributed by atoms with E-state index in [1.165, 1.54) is 11.1 Å². The fourth-order valence-corrected chi connectivity index (χ4v) is 2.78. The van der Waals surface area contributed by atoms with E-state index in [2.05, 4.69) is 22.8 Å². The molecule has 120 valence electrons. The Labute approximate surface area is 135 Å².